The molecule has 0 amide bonds. The van der Waals surface area contributed by atoms with E-state index in [9.17, 15) is 4.79 Å². The van der Waals surface area contributed by atoms with Gasteiger partial charge < -0.3 is 18.6 Å². The average Bonchev–Trinajstić information content (AvgIpc) is 2.02. The number of hydrogen-bond donors (Lipinski definition) is 0. The normalized spacial score (nSPS) is 9.57. The molecule has 84 valence electrons. The Morgan fingerprint density at radius 1 is 1.21 bits per heavy atom. The molecule has 0 aromatic heterocycles. The minimum absolute atomic E-state index is 0. The van der Waals surface area contributed by atoms with Gasteiger partial charge in [0.2, 0.25) is 0 Å². The van der Waals surface area contributed by atoms with E-state index in [2.05, 4.69) is 34.6 Å². The summed E-state index contributed by atoms with van der Waals surface area (Å²) in [7, 11) is 0. The molecule has 0 aromatic carbocycles. The minimum Gasteiger partial charge on any atom is -0.343 e. The molecule has 0 aliphatic heterocycles. The van der Waals surface area contributed by atoms with Gasteiger partial charge in [0.05, 0.1) is 0 Å². The van der Waals surface area contributed by atoms with E-state index in [1.807, 2.05) is 6.92 Å². The van der Waals surface area contributed by atoms with Crippen molar-refractivity contribution in [3.63, 3.8) is 0 Å². The summed E-state index contributed by atoms with van der Waals surface area (Å²) in [5, 5.41) is 0. The summed E-state index contributed by atoms with van der Waals surface area (Å²) in [5.74, 6) is 0.231. The van der Waals surface area contributed by atoms with E-state index >= 15 is 0 Å². The fraction of sp³-hybridized carbons (Fsp3) is 0.750. The maximum Gasteiger partial charge on any atom is 2.00 e. The number of ketones is 1. The zero-order chi connectivity index (χ0) is 10.9. The van der Waals surface area contributed by atoms with E-state index in [1.165, 1.54) is 6.42 Å². The standard InChI is InChI=1S/C7H15.C5H9O.W/c1-5-6-7(2,3)4;1-3-5(6)4-2;/h1,5-6H2,2-4H3;1,3-4H2,2H3;/q2*-1;+2. The first kappa shape index (κ1) is 19.9. The first-order valence-corrected chi connectivity index (χ1v) is 4.97. The second-order valence-electron chi connectivity index (χ2n) is 4.31. The number of Topliss-reactive ketones (excluding diaryl/α,β-unsaturated/α-hetero) is 1. The summed E-state index contributed by atoms with van der Waals surface area (Å²) in [6.07, 6.45) is 3.36. The van der Waals surface area contributed by atoms with Crippen LogP contribution in [0.4, 0.5) is 0 Å². The molecule has 0 aliphatic carbocycles. The maximum atomic E-state index is 10.1. The molecule has 0 N–H and O–H groups in total. The smallest absolute Gasteiger partial charge is 0.343 e. The summed E-state index contributed by atoms with van der Waals surface area (Å²) in [6, 6.07) is 0. The van der Waals surface area contributed by atoms with Gasteiger partial charge in [-0.2, -0.15) is 6.42 Å². The third-order valence-corrected chi connectivity index (χ3v) is 1.60. The minimum atomic E-state index is 0. The first-order chi connectivity index (χ1) is 5.87. The molecule has 1 nitrogen and oxygen atoms in total. The Hall–Kier alpha value is 0.358. The van der Waals surface area contributed by atoms with Crippen LogP contribution in [-0.4, -0.2) is 5.78 Å². The van der Waals surface area contributed by atoms with Crippen LogP contribution in [0, 0.1) is 19.3 Å². The van der Waals surface area contributed by atoms with E-state index < -0.39 is 0 Å². The Bertz CT molecular complexity index is 119. The predicted molar refractivity (Wildman–Crippen MR) is 59.3 cm³/mol. The monoisotopic (exact) mass is 368 g/mol. The molecule has 0 atom stereocenters. The van der Waals surface area contributed by atoms with Gasteiger partial charge >= 0.3 is 21.1 Å². The van der Waals surface area contributed by atoms with Crippen molar-refractivity contribution < 1.29 is 25.9 Å². The Balaban J connectivity index is -0.000000163. The zero-order valence-electron chi connectivity index (χ0n) is 10.1. The van der Waals surface area contributed by atoms with Crippen LogP contribution in [0.5, 0.6) is 0 Å². The SMILES string of the molecule is [CH2-]CC(=O)CC.[CH2-]CCC(C)(C)C.[W+2]. The third kappa shape index (κ3) is 22.8. The third-order valence-electron chi connectivity index (χ3n) is 1.60. The zero-order valence-corrected chi connectivity index (χ0v) is 13.0. The van der Waals surface area contributed by atoms with E-state index in [4.69, 9.17) is 0 Å². The van der Waals surface area contributed by atoms with Gasteiger partial charge in [0.1, 0.15) is 5.78 Å². The van der Waals surface area contributed by atoms with Gasteiger partial charge in [0, 0.05) is 6.42 Å². The molecule has 0 radical (unpaired) electrons. The Kier molecular flexibility index (Phi) is 16.2. The van der Waals surface area contributed by atoms with Gasteiger partial charge in [0.15, 0.2) is 0 Å². The second-order valence-corrected chi connectivity index (χ2v) is 4.31. The fourth-order valence-electron chi connectivity index (χ4n) is 0.707. The van der Waals surface area contributed by atoms with E-state index in [0.29, 0.717) is 18.3 Å². The molecule has 0 unspecified atom stereocenters. The van der Waals surface area contributed by atoms with Crippen molar-refractivity contribution in [2.75, 3.05) is 0 Å². The molecule has 0 rings (SSSR count). The molecule has 0 bridgehead atoms. The van der Waals surface area contributed by atoms with E-state index in [0.717, 1.165) is 6.42 Å². The molecule has 0 saturated carbocycles. The maximum absolute atomic E-state index is 10.1. The van der Waals surface area contributed by atoms with E-state index in [-0.39, 0.29) is 26.8 Å². The predicted octanol–water partition coefficient (Wildman–Crippen LogP) is 3.83. The van der Waals surface area contributed by atoms with Crippen molar-refractivity contribution in [1.82, 2.24) is 0 Å². The summed E-state index contributed by atoms with van der Waals surface area (Å²) in [4.78, 5) is 10.1. The molecular weight excluding hydrogens is 344 g/mol. The molecule has 0 heterocycles. The number of hydrogen-bond acceptors (Lipinski definition) is 1. The largest absolute Gasteiger partial charge is 2.00 e. The van der Waals surface area contributed by atoms with Crippen molar-refractivity contribution in [2.45, 2.75) is 53.4 Å². The second kappa shape index (κ2) is 11.4. The molecule has 0 aromatic rings. The molecule has 0 spiro atoms. The summed E-state index contributed by atoms with van der Waals surface area (Å²) < 4.78 is 0. The van der Waals surface area contributed by atoms with Gasteiger partial charge in [-0.05, 0) is 5.41 Å². The molecule has 0 fully saturated rings. The van der Waals surface area contributed by atoms with Crippen LogP contribution in [0.2, 0.25) is 0 Å². The van der Waals surface area contributed by atoms with Gasteiger partial charge in [-0.1, -0.05) is 34.1 Å². The molecule has 2 heteroatoms. The number of carbonyl (C=O) groups is 1. The number of carbonyl (C=O) groups excluding carboxylic acids is 1. The van der Waals surface area contributed by atoms with Crippen molar-refractivity contribution >= 4 is 5.78 Å². The average molecular weight is 368 g/mol. The quantitative estimate of drug-likeness (QED) is 0.692. The van der Waals surface area contributed by atoms with Crippen LogP contribution >= 0.6 is 0 Å². The van der Waals surface area contributed by atoms with Gasteiger partial charge in [-0.25, -0.2) is 0 Å². The summed E-state index contributed by atoms with van der Waals surface area (Å²) in [5.41, 5.74) is 0.488. The first-order valence-electron chi connectivity index (χ1n) is 4.97. The molecular formula is C12H24OW. The van der Waals surface area contributed by atoms with Gasteiger partial charge in [0.25, 0.3) is 0 Å². The van der Waals surface area contributed by atoms with Crippen LogP contribution in [0.1, 0.15) is 53.4 Å². The summed E-state index contributed by atoms with van der Waals surface area (Å²) >= 11 is 0. The summed E-state index contributed by atoms with van der Waals surface area (Å²) in [6.45, 7) is 15.7. The molecule has 0 aliphatic rings. The van der Waals surface area contributed by atoms with Crippen LogP contribution in [0.15, 0.2) is 0 Å². The van der Waals surface area contributed by atoms with Crippen molar-refractivity contribution in [3.05, 3.63) is 13.8 Å². The Labute approximate surface area is 104 Å². The van der Waals surface area contributed by atoms with Crippen LogP contribution in [-0.2, 0) is 25.9 Å². The fourth-order valence-corrected chi connectivity index (χ4v) is 0.707. The van der Waals surface area contributed by atoms with Crippen LogP contribution < -0.4 is 0 Å². The Morgan fingerprint density at radius 2 is 1.64 bits per heavy atom. The van der Waals surface area contributed by atoms with Crippen LogP contribution in [0.3, 0.4) is 0 Å². The van der Waals surface area contributed by atoms with Gasteiger partial charge in [-0.3, -0.25) is 0 Å². The Morgan fingerprint density at radius 3 is 1.64 bits per heavy atom. The van der Waals surface area contributed by atoms with Gasteiger partial charge in [-0.15, -0.1) is 6.42 Å². The van der Waals surface area contributed by atoms with E-state index in [1.54, 1.807) is 0 Å². The topological polar surface area (TPSA) is 17.1 Å². The number of rotatable bonds is 3. The van der Waals surface area contributed by atoms with Crippen molar-refractivity contribution in [2.24, 2.45) is 5.41 Å². The molecule has 0 saturated heterocycles. The van der Waals surface area contributed by atoms with Crippen molar-refractivity contribution in [1.29, 1.82) is 0 Å². The van der Waals surface area contributed by atoms with Crippen molar-refractivity contribution in [3.8, 4) is 0 Å². The van der Waals surface area contributed by atoms with Crippen LogP contribution in [0.25, 0.3) is 0 Å². The molecule has 14 heavy (non-hydrogen) atoms.